The molecule has 1 aliphatic carbocycles. The fraction of sp³-hybridized carbons (Fsp3) is 0.706. The zero-order chi connectivity index (χ0) is 20.6. The summed E-state index contributed by atoms with van der Waals surface area (Å²) in [5, 5.41) is 59.1. The number of hydrogen-bond acceptors (Lipinski definition) is 11. The van der Waals surface area contributed by atoms with Gasteiger partial charge in [-0.05, 0) is 5.57 Å². The monoisotopic (exact) mass is 404 g/mol. The Morgan fingerprint density at radius 3 is 2.39 bits per heavy atom. The number of aliphatic hydroxyl groups excluding tert-OH is 6. The lowest BCUT2D eigenvalue weighted by Gasteiger charge is -2.43. The summed E-state index contributed by atoms with van der Waals surface area (Å²) < 4.78 is 21.1. The van der Waals surface area contributed by atoms with Gasteiger partial charge in [0.25, 0.3) is 0 Å². The molecule has 0 amide bonds. The van der Waals surface area contributed by atoms with Crippen molar-refractivity contribution in [1.82, 2.24) is 0 Å². The molecule has 11 nitrogen and oxygen atoms in total. The molecular weight excluding hydrogens is 380 g/mol. The lowest BCUT2D eigenvalue weighted by atomic mass is 9.82. The number of rotatable bonds is 5. The topological polar surface area (TPSA) is 175 Å². The molecule has 1 saturated heterocycles. The van der Waals surface area contributed by atoms with E-state index in [1.807, 2.05) is 0 Å². The van der Waals surface area contributed by atoms with Crippen LogP contribution in [0.15, 0.2) is 23.5 Å². The van der Waals surface area contributed by atoms with E-state index in [0.717, 1.165) is 6.26 Å². The van der Waals surface area contributed by atoms with Gasteiger partial charge in [0.2, 0.25) is 6.29 Å². The molecule has 0 aromatic rings. The lowest BCUT2D eigenvalue weighted by Crippen LogP contribution is -2.60. The van der Waals surface area contributed by atoms with Crippen molar-refractivity contribution in [3.05, 3.63) is 23.5 Å². The Labute approximate surface area is 160 Å². The first kappa shape index (κ1) is 21.1. The van der Waals surface area contributed by atoms with Crippen LogP contribution in [0.3, 0.4) is 0 Å². The van der Waals surface area contributed by atoms with Crippen molar-refractivity contribution < 1.29 is 54.4 Å². The SMILES string of the molecule is COC(=O)C1=CO[C@H](O[C@@H]2O[C@H](CO)[C@@H](O)[C@H](O)[C@H]2O)[C@@H]2C(CO)=C[C@H](O)[C@H]12. The molecule has 1 fully saturated rings. The van der Waals surface area contributed by atoms with Gasteiger partial charge in [0, 0.05) is 5.92 Å². The summed E-state index contributed by atoms with van der Waals surface area (Å²) in [6.07, 6.45) is -7.36. The smallest absolute Gasteiger partial charge is 0.337 e. The maximum absolute atomic E-state index is 12.0. The molecule has 0 saturated carbocycles. The van der Waals surface area contributed by atoms with E-state index in [1.165, 1.54) is 13.2 Å². The van der Waals surface area contributed by atoms with Crippen LogP contribution in [-0.2, 0) is 23.7 Å². The molecule has 0 unspecified atom stereocenters. The summed E-state index contributed by atoms with van der Waals surface area (Å²) in [5.41, 5.74) is 0.398. The van der Waals surface area contributed by atoms with Gasteiger partial charge in [-0.15, -0.1) is 0 Å². The van der Waals surface area contributed by atoms with E-state index in [1.54, 1.807) is 0 Å². The first-order chi connectivity index (χ1) is 13.3. The number of fused-ring (bicyclic) bond motifs is 1. The molecule has 3 rings (SSSR count). The maximum atomic E-state index is 12.0. The van der Waals surface area contributed by atoms with Crippen molar-refractivity contribution in [3.8, 4) is 0 Å². The van der Waals surface area contributed by atoms with Crippen LogP contribution in [0.25, 0.3) is 0 Å². The summed E-state index contributed by atoms with van der Waals surface area (Å²) in [6, 6.07) is 0. The third kappa shape index (κ3) is 3.55. The zero-order valence-electron chi connectivity index (χ0n) is 15.0. The normalized spacial score (nSPS) is 42.9. The van der Waals surface area contributed by atoms with Gasteiger partial charge in [-0.1, -0.05) is 6.08 Å². The Morgan fingerprint density at radius 1 is 1.07 bits per heavy atom. The first-order valence-electron chi connectivity index (χ1n) is 8.73. The van der Waals surface area contributed by atoms with Crippen molar-refractivity contribution >= 4 is 5.97 Å². The van der Waals surface area contributed by atoms with Gasteiger partial charge in [-0.3, -0.25) is 0 Å². The van der Waals surface area contributed by atoms with Gasteiger partial charge in [0.15, 0.2) is 6.29 Å². The number of aliphatic hydroxyl groups is 6. The predicted octanol–water partition coefficient (Wildman–Crippen LogP) is -3.26. The Hall–Kier alpha value is -1.57. The van der Waals surface area contributed by atoms with Crippen LogP contribution in [0.4, 0.5) is 0 Å². The van der Waals surface area contributed by atoms with Gasteiger partial charge >= 0.3 is 5.97 Å². The van der Waals surface area contributed by atoms with E-state index < -0.39 is 74.1 Å². The number of ether oxygens (including phenoxy) is 4. The van der Waals surface area contributed by atoms with Crippen LogP contribution in [0.2, 0.25) is 0 Å². The van der Waals surface area contributed by atoms with Crippen LogP contribution in [-0.4, -0.2) is 100 Å². The Kier molecular flexibility index (Phi) is 6.37. The third-order valence-corrected chi connectivity index (χ3v) is 5.27. The van der Waals surface area contributed by atoms with Crippen molar-refractivity contribution in [2.24, 2.45) is 11.8 Å². The Balaban J connectivity index is 1.84. The Morgan fingerprint density at radius 2 is 1.79 bits per heavy atom. The van der Waals surface area contributed by atoms with E-state index >= 15 is 0 Å². The average molecular weight is 404 g/mol. The number of carbonyl (C=O) groups excluding carboxylic acids is 1. The molecule has 0 bridgehead atoms. The molecule has 0 aromatic heterocycles. The van der Waals surface area contributed by atoms with Gasteiger partial charge in [-0.25, -0.2) is 4.79 Å². The molecule has 0 spiro atoms. The van der Waals surface area contributed by atoms with Gasteiger partial charge in [0.1, 0.15) is 24.4 Å². The van der Waals surface area contributed by atoms with E-state index in [2.05, 4.69) is 0 Å². The van der Waals surface area contributed by atoms with E-state index in [-0.39, 0.29) is 5.57 Å². The molecule has 2 heterocycles. The minimum Gasteiger partial charge on any atom is -0.471 e. The number of carbonyl (C=O) groups is 1. The first-order valence-corrected chi connectivity index (χ1v) is 8.73. The minimum atomic E-state index is -1.65. The summed E-state index contributed by atoms with van der Waals surface area (Å²) in [7, 11) is 1.18. The second kappa shape index (κ2) is 8.43. The molecule has 11 heteroatoms. The third-order valence-electron chi connectivity index (χ3n) is 5.27. The standard InChI is InChI=1S/C17H24O11/c1-25-15(24)7-5-26-16(10-6(3-18)2-8(20)11(7)10)28-17-14(23)13(22)12(21)9(4-19)27-17/h2,5,8-14,16-23H,3-4H2,1H3/t8-,9+,10+,11-,12+,13-,14+,16+,17-/m0/s1. The molecule has 28 heavy (non-hydrogen) atoms. The molecule has 0 radical (unpaired) electrons. The molecule has 6 N–H and O–H groups in total. The fourth-order valence-corrected chi connectivity index (χ4v) is 3.79. The summed E-state index contributed by atoms with van der Waals surface area (Å²) in [5.74, 6) is -2.34. The van der Waals surface area contributed by atoms with Crippen LogP contribution in [0.1, 0.15) is 0 Å². The van der Waals surface area contributed by atoms with Crippen molar-refractivity contribution in [3.63, 3.8) is 0 Å². The molecule has 9 atom stereocenters. The van der Waals surface area contributed by atoms with Crippen LogP contribution < -0.4 is 0 Å². The number of methoxy groups -OCH3 is 1. The van der Waals surface area contributed by atoms with Gasteiger partial charge in [-0.2, -0.15) is 0 Å². The van der Waals surface area contributed by atoms with E-state index in [0.29, 0.717) is 5.57 Å². The Bertz CT molecular complexity index is 645. The molecule has 2 aliphatic heterocycles. The highest BCUT2D eigenvalue weighted by molar-refractivity contribution is 5.89. The van der Waals surface area contributed by atoms with Crippen molar-refractivity contribution in [2.75, 3.05) is 20.3 Å². The van der Waals surface area contributed by atoms with Crippen LogP contribution in [0.5, 0.6) is 0 Å². The summed E-state index contributed by atoms with van der Waals surface area (Å²) >= 11 is 0. The number of hydrogen-bond donors (Lipinski definition) is 6. The van der Waals surface area contributed by atoms with Gasteiger partial charge < -0.3 is 49.6 Å². The minimum absolute atomic E-state index is 0.0494. The molecular formula is C17H24O11. The predicted molar refractivity (Wildman–Crippen MR) is 88.0 cm³/mol. The highest BCUT2D eigenvalue weighted by Crippen LogP contribution is 2.44. The summed E-state index contributed by atoms with van der Waals surface area (Å²) in [6.45, 7) is -1.07. The number of esters is 1. The largest absolute Gasteiger partial charge is 0.471 e. The molecule has 158 valence electrons. The highest BCUT2D eigenvalue weighted by Gasteiger charge is 2.52. The van der Waals surface area contributed by atoms with Gasteiger partial charge in [0.05, 0.1) is 44.2 Å². The second-order valence-corrected chi connectivity index (χ2v) is 6.84. The summed E-state index contributed by atoms with van der Waals surface area (Å²) in [4.78, 5) is 12.0. The average Bonchev–Trinajstić information content (AvgIpc) is 3.05. The highest BCUT2D eigenvalue weighted by atomic mass is 16.8. The zero-order valence-corrected chi connectivity index (χ0v) is 15.0. The van der Waals surface area contributed by atoms with Crippen molar-refractivity contribution in [1.29, 1.82) is 0 Å². The maximum Gasteiger partial charge on any atom is 0.337 e. The van der Waals surface area contributed by atoms with Crippen molar-refractivity contribution in [2.45, 2.75) is 43.1 Å². The van der Waals surface area contributed by atoms with E-state index in [9.17, 15) is 35.4 Å². The fourth-order valence-electron chi connectivity index (χ4n) is 3.79. The van der Waals surface area contributed by atoms with Crippen LogP contribution >= 0.6 is 0 Å². The van der Waals surface area contributed by atoms with E-state index in [4.69, 9.17) is 18.9 Å². The molecule has 3 aliphatic rings. The lowest BCUT2D eigenvalue weighted by molar-refractivity contribution is -0.340. The van der Waals surface area contributed by atoms with Crippen LogP contribution in [0, 0.1) is 11.8 Å². The quantitative estimate of drug-likeness (QED) is 0.200. The second-order valence-electron chi connectivity index (χ2n) is 6.84. The molecule has 0 aromatic carbocycles.